The molecule has 0 radical (unpaired) electrons. The molecule has 1 amide bonds. The van der Waals surface area contributed by atoms with Crippen LogP contribution in [0.25, 0.3) is 0 Å². The van der Waals surface area contributed by atoms with E-state index < -0.39 is 6.04 Å². The summed E-state index contributed by atoms with van der Waals surface area (Å²) in [5.41, 5.74) is 3.25. The summed E-state index contributed by atoms with van der Waals surface area (Å²) in [5, 5.41) is 9.98. The molecular weight excluding hydrogens is 314 g/mol. The first-order valence-electron chi connectivity index (χ1n) is 8.20. The summed E-state index contributed by atoms with van der Waals surface area (Å²) in [6, 6.07) is 19.0. The fourth-order valence-corrected chi connectivity index (χ4v) is 2.65. The number of aromatic nitrogens is 1. The Labute approximate surface area is 147 Å². The molecule has 0 aliphatic heterocycles. The van der Waals surface area contributed by atoms with E-state index in [2.05, 4.69) is 34.8 Å². The van der Waals surface area contributed by atoms with Gasteiger partial charge in [-0.3, -0.25) is 10.1 Å². The molecule has 5 nitrogen and oxygen atoms in total. The van der Waals surface area contributed by atoms with Crippen molar-refractivity contribution in [2.75, 3.05) is 5.32 Å². The molecule has 128 valence electrons. The van der Waals surface area contributed by atoms with Gasteiger partial charge in [-0.05, 0) is 30.5 Å². The Morgan fingerprint density at radius 1 is 1.08 bits per heavy atom. The van der Waals surface area contributed by atoms with Crippen LogP contribution in [0.4, 0.5) is 5.82 Å². The second-order valence-corrected chi connectivity index (χ2v) is 5.96. The Balaban J connectivity index is 1.77. The van der Waals surface area contributed by atoms with Crippen LogP contribution in [0.2, 0.25) is 0 Å². The van der Waals surface area contributed by atoms with Crippen LogP contribution in [0.15, 0.2) is 65.2 Å². The van der Waals surface area contributed by atoms with Crippen LogP contribution in [0.5, 0.6) is 0 Å². The maximum Gasteiger partial charge on any atom is 0.247 e. The molecular formula is C20H21N3O2. The summed E-state index contributed by atoms with van der Waals surface area (Å²) in [6.45, 7) is 4.44. The van der Waals surface area contributed by atoms with E-state index in [1.54, 1.807) is 13.0 Å². The van der Waals surface area contributed by atoms with Gasteiger partial charge in [0.25, 0.3) is 0 Å². The highest BCUT2D eigenvalue weighted by Crippen LogP contribution is 2.18. The summed E-state index contributed by atoms with van der Waals surface area (Å²) in [6.07, 6.45) is 0. The first kappa shape index (κ1) is 16.9. The minimum atomic E-state index is -0.488. The van der Waals surface area contributed by atoms with Gasteiger partial charge in [0.15, 0.2) is 5.82 Å². The summed E-state index contributed by atoms with van der Waals surface area (Å²) in [7, 11) is 0. The zero-order valence-corrected chi connectivity index (χ0v) is 14.3. The van der Waals surface area contributed by atoms with Crippen molar-refractivity contribution in [1.29, 1.82) is 0 Å². The normalized spacial score (nSPS) is 11.9. The molecule has 0 saturated carbocycles. The third-order valence-corrected chi connectivity index (χ3v) is 4.03. The van der Waals surface area contributed by atoms with Crippen molar-refractivity contribution in [2.24, 2.45) is 0 Å². The van der Waals surface area contributed by atoms with Crippen LogP contribution in [0.1, 0.15) is 28.5 Å². The van der Waals surface area contributed by atoms with Crippen molar-refractivity contribution in [3.8, 4) is 0 Å². The van der Waals surface area contributed by atoms with Gasteiger partial charge in [0.2, 0.25) is 5.91 Å². The lowest BCUT2D eigenvalue weighted by Crippen LogP contribution is -2.33. The third kappa shape index (κ3) is 4.33. The molecule has 1 aromatic heterocycles. The third-order valence-electron chi connectivity index (χ3n) is 4.03. The van der Waals surface area contributed by atoms with Crippen molar-refractivity contribution in [3.05, 3.63) is 83.1 Å². The van der Waals surface area contributed by atoms with Gasteiger partial charge in [-0.2, -0.15) is 0 Å². The van der Waals surface area contributed by atoms with Crippen LogP contribution in [-0.2, 0) is 11.3 Å². The average molecular weight is 335 g/mol. The van der Waals surface area contributed by atoms with Crippen LogP contribution in [0, 0.1) is 13.8 Å². The Hall–Kier alpha value is -2.92. The second kappa shape index (κ2) is 7.77. The van der Waals surface area contributed by atoms with E-state index in [-0.39, 0.29) is 5.91 Å². The SMILES string of the molecule is Cc1cc(NC(=O)C(NCc2ccccc2C)c2ccccc2)no1. The lowest BCUT2D eigenvalue weighted by Gasteiger charge is -2.19. The number of nitrogens with one attached hydrogen (secondary N) is 2. The first-order valence-corrected chi connectivity index (χ1v) is 8.20. The number of aryl methyl sites for hydroxylation is 2. The van der Waals surface area contributed by atoms with E-state index in [1.807, 2.05) is 42.5 Å². The van der Waals surface area contributed by atoms with Gasteiger partial charge in [0.1, 0.15) is 11.8 Å². The average Bonchev–Trinajstić information content (AvgIpc) is 3.02. The summed E-state index contributed by atoms with van der Waals surface area (Å²) < 4.78 is 5.01. The quantitative estimate of drug-likeness (QED) is 0.720. The molecule has 0 spiro atoms. The Bertz CT molecular complexity index is 843. The van der Waals surface area contributed by atoms with Crippen molar-refractivity contribution < 1.29 is 9.32 Å². The number of hydrogen-bond acceptors (Lipinski definition) is 4. The van der Waals surface area contributed by atoms with Gasteiger partial charge in [-0.15, -0.1) is 0 Å². The lowest BCUT2D eigenvalue weighted by molar-refractivity contribution is -0.118. The molecule has 3 rings (SSSR count). The van der Waals surface area contributed by atoms with Gasteiger partial charge in [-0.1, -0.05) is 59.8 Å². The van der Waals surface area contributed by atoms with Crippen molar-refractivity contribution in [2.45, 2.75) is 26.4 Å². The monoisotopic (exact) mass is 335 g/mol. The second-order valence-electron chi connectivity index (χ2n) is 5.96. The molecule has 0 aliphatic rings. The molecule has 0 saturated heterocycles. The number of hydrogen-bond donors (Lipinski definition) is 2. The number of carbonyl (C=O) groups is 1. The van der Waals surface area contributed by atoms with Gasteiger partial charge in [0, 0.05) is 12.6 Å². The molecule has 5 heteroatoms. The van der Waals surface area contributed by atoms with Crippen LogP contribution in [-0.4, -0.2) is 11.1 Å². The Morgan fingerprint density at radius 3 is 2.48 bits per heavy atom. The predicted octanol–water partition coefficient (Wildman–Crippen LogP) is 3.76. The van der Waals surface area contributed by atoms with Crippen molar-refractivity contribution >= 4 is 11.7 Å². The lowest BCUT2D eigenvalue weighted by atomic mass is 10.0. The fourth-order valence-electron chi connectivity index (χ4n) is 2.65. The van der Waals surface area contributed by atoms with Gasteiger partial charge in [-0.25, -0.2) is 0 Å². The minimum Gasteiger partial charge on any atom is -0.360 e. The zero-order chi connectivity index (χ0) is 17.6. The van der Waals surface area contributed by atoms with E-state index >= 15 is 0 Å². The van der Waals surface area contributed by atoms with E-state index in [1.165, 1.54) is 5.56 Å². The maximum atomic E-state index is 12.8. The number of anilines is 1. The largest absolute Gasteiger partial charge is 0.360 e. The highest BCUT2D eigenvalue weighted by molar-refractivity contribution is 5.94. The molecule has 0 bridgehead atoms. The first-order chi connectivity index (χ1) is 12.1. The highest BCUT2D eigenvalue weighted by atomic mass is 16.5. The van der Waals surface area contributed by atoms with Crippen molar-refractivity contribution in [1.82, 2.24) is 10.5 Å². The molecule has 3 aromatic rings. The predicted molar refractivity (Wildman–Crippen MR) is 97.1 cm³/mol. The van der Waals surface area contributed by atoms with Gasteiger partial charge in [0.05, 0.1) is 0 Å². The molecule has 1 unspecified atom stereocenters. The van der Waals surface area contributed by atoms with Gasteiger partial charge < -0.3 is 9.84 Å². The molecule has 2 N–H and O–H groups in total. The smallest absolute Gasteiger partial charge is 0.247 e. The number of rotatable bonds is 6. The molecule has 2 aromatic carbocycles. The fraction of sp³-hybridized carbons (Fsp3) is 0.200. The van der Waals surface area contributed by atoms with E-state index in [0.717, 1.165) is 11.1 Å². The number of benzene rings is 2. The number of nitrogens with zero attached hydrogens (tertiary/aromatic N) is 1. The maximum absolute atomic E-state index is 12.8. The Kier molecular flexibility index (Phi) is 5.26. The molecule has 25 heavy (non-hydrogen) atoms. The standard InChI is InChI=1S/C20H21N3O2/c1-14-8-6-7-11-17(14)13-21-19(16-9-4-3-5-10-16)20(24)22-18-12-15(2)25-23-18/h3-12,19,21H,13H2,1-2H3,(H,22,23,24). The minimum absolute atomic E-state index is 0.173. The number of amides is 1. The molecule has 0 fully saturated rings. The number of carbonyl (C=O) groups excluding carboxylic acids is 1. The summed E-state index contributed by atoms with van der Waals surface area (Å²) in [5.74, 6) is 0.897. The zero-order valence-electron chi connectivity index (χ0n) is 14.3. The summed E-state index contributed by atoms with van der Waals surface area (Å²) in [4.78, 5) is 12.8. The van der Waals surface area contributed by atoms with Crippen molar-refractivity contribution in [3.63, 3.8) is 0 Å². The highest BCUT2D eigenvalue weighted by Gasteiger charge is 2.21. The summed E-state index contributed by atoms with van der Waals surface area (Å²) >= 11 is 0. The van der Waals surface area contributed by atoms with E-state index in [0.29, 0.717) is 18.1 Å². The van der Waals surface area contributed by atoms with Gasteiger partial charge >= 0.3 is 0 Å². The van der Waals surface area contributed by atoms with Crippen LogP contribution < -0.4 is 10.6 Å². The molecule has 0 aliphatic carbocycles. The van der Waals surface area contributed by atoms with Crippen LogP contribution >= 0.6 is 0 Å². The van der Waals surface area contributed by atoms with Crippen LogP contribution in [0.3, 0.4) is 0 Å². The molecule has 1 atom stereocenters. The van der Waals surface area contributed by atoms with E-state index in [4.69, 9.17) is 4.52 Å². The topological polar surface area (TPSA) is 67.2 Å². The molecule has 1 heterocycles. The van der Waals surface area contributed by atoms with E-state index in [9.17, 15) is 4.79 Å². The Morgan fingerprint density at radius 2 is 1.80 bits per heavy atom.